The van der Waals surface area contributed by atoms with Gasteiger partial charge in [0.05, 0.1) is 17.6 Å². The zero-order valence-electron chi connectivity index (χ0n) is 16.0. The smallest absolute Gasteiger partial charge is 0.122 e. The van der Waals surface area contributed by atoms with Crippen molar-refractivity contribution < 1.29 is 4.74 Å². The summed E-state index contributed by atoms with van der Waals surface area (Å²) in [7, 11) is 0. The van der Waals surface area contributed by atoms with E-state index in [1.54, 1.807) is 0 Å². The first-order chi connectivity index (χ1) is 11.9. The van der Waals surface area contributed by atoms with E-state index in [9.17, 15) is 0 Å². The molecule has 0 unspecified atom stereocenters. The Labute approximate surface area is 150 Å². The first-order valence-electron chi connectivity index (χ1n) is 9.02. The molecule has 3 rings (SSSR count). The molecule has 2 aromatic carbocycles. The topological polar surface area (TPSA) is 27.1 Å². The van der Waals surface area contributed by atoms with Gasteiger partial charge in [0.2, 0.25) is 0 Å². The Bertz CT molecular complexity index is 871. The molecule has 0 radical (unpaired) electrons. The van der Waals surface area contributed by atoms with Gasteiger partial charge in [-0.1, -0.05) is 45.0 Å². The van der Waals surface area contributed by atoms with Crippen LogP contribution in [0.4, 0.5) is 0 Å². The van der Waals surface area contributed by atoms with Crippen LogP contribution in [0.1, 0.15) is 44.1 Å². The SMILES string of the molecule is Cc1cccc(OCCCn2c(C(C)(C)C)nc3ccccc32)c1C. The molecule has 0 bridgehead atoms. The number of aryl methyl sites for hydroxylation is 2. The first-order valence-corrected chi connectivity index (χ1v) is 9.02. The largest absolute Gasteiger partial charge is 0.493 e. The van der Waals surface area contributed by atoms with Crippen LogP contribution in [0.3, 0.4) is 0 Å². The minimum absolute atomic E-state index is 0.0208. The van der Waals surface area contributed by atoms with Crippen molar-refractivity contribution in [2.24, 2.45) is 0 Å². The van der Waals surface area contributed by atoms with Crippen LogP contribution in [0, 0.1) is 13.8 Å². The number of nitrogens with zero attached hydrogens (tertiary/aromatic N) is 2. The van der Waals surface area contributed by atoms with Crippen LogP contribution < -0.4 is 4.74 Å². The van der Waals surface area contributed by atoms with Crippen molar-refractivity contribution in [2.45, 2.75) is 53.0 Å². The van der Waals surface area contributed by atoms with Gasteiger partial charge < -0.3 is 9.30 Å². The van der Waals surface area contributed by atoms with E-state index in [4.69, 9.17) is 9.72 Å². The molecular formula is C22H28N2O. The molecule has 0 atom stereocenters. The fourth-order valence-electron chi connectivity index (χ4n) is 3.16. The fourth-order valence-corrected chi connectivity index (χ4v) is 3.16. The molecule has 0 amide bonds. The molecule has 132 valence electrons. The number of fused-ring (bicyclic) bond motifs is 1. The van der Waals surface area contributed by atoms with Gasteiger partial charge in [-0.05, 0) is 49.6 Å². The second-order valence-electron chi connectivity index (χ2n) is 7.73. The summed E-state index contributed by atoms with van der Waals surface area (Å²) in [4.78, 5) is 4.87. The summed E-state index contributed by atoms with van der Waals surface area (Å²) in [6.07, 6.45) is 0.955. The molecule has 0 saturated carbocycles. The maximum absolute atomic E-state index is 6.02. The van der Waals surface area contributed by atoms with Gasteiger partial charge in [-0.25, -0.2) is 4.98 Å². The Kier molecular flexibility index (Phi) is 4.85. The van der Waals surface area contributed by atoms with Gasteiger partial charge in [0.1, 0.15) is 11.6 Å². The number of aromatic nitrogens is 2. The highest BCUT2D eigenvalue weighted by Crippen LogP contribution is 2.27. The summed E-state index contributed by atoms with van der Waals surface area (Å²) in [6.45, 7) is 12.5. The summed E-state index contributed by atoms with van der Waals surface area (Å²) in [6, 6.07) is 14.6. The Hall–Kier alpha value is -2.29. The minimum Gasteiger partial charge on any atom is -0.493 e. The summed E-state index contributed by atoms with van der Waals surface area (Å²) < 4.78 is 8.37. The van der Waals surface area contributed by atoms with Gasteiger partial charge in [-0.3, -0.25) is 0 Å². The number of rotatable bonds is 5. The fraction of sp³-hybridized carbons (Fsp3) is 0.409. The van der Waals surface area contributed by atoms with Crippen LogP contribution in [0.25, 0.3) is 11.0 Å². The standard InChI is InChI=1S/C22H28N2O/c1-16-10-8-13-20(17(16)2)25-15-9-14-24-19-12-7-6-11-18(19)23-21(24)22(3,4)5/h6-8,10-13H,9,14-15H2,1-5H3. The number of hydrogen-bond acceptors (Lipinski definition) is 2. The van der Waals surface area contributed by atoms with Crippen molar-refractivity contribution >= 4 is 11.0 Å². The quantitative estimate of drug-likeness (QED) is 0.582. The molecular weight excluding hydrogens is 308 g/mol. The lowest BCUT2D eigenvalue weighted by molar-refractivity contribution is 0.298. The van der Waals surface area contributed by atoms with Crippen molar-refractivity contribution in [3.05, 3.63) is 59.4 Å². The van der Waals surface area contributed by atoms with E-state index >= 15 is 0 Å². The molecule has 0 aliphatic rings. The van der Waals surface area contributed by atoms with Gasteiger partial charge >= 0.3 is 0 Å². The molecule has 0 spiro atoms. The average molecular weight is 336 g/mol. The molecule has 25 heavy (non-hydrogen) atoms. The van der Waals surface area contributed by atoms with Crippen LogP contribution in [0.5, 0.6) is 5.75 Å². The van der Waals surface area contributed by atoms with E-state index in [2.05, 4.69) is 81.7 Å². The second-order valence-corrected chi connectivity index (χ2v) is 7.73. The molecule has 3 heteroatoms. The third-order valence-corrected chi connectivity index (χ3v) is 4.66. The van der Waals surface area contributed by atoms with Gasteiger partial charge in [-0.15, -0.1) is 0 Å². The van der Waals surface area contributed by atoms with Crippen LogP contribution >= 0.6 is 0 Å². The second kappa shape index (κ2) is 6.91. The number of imidazole rings is 1. The monoisotopic (exact) mass is 336 g/mol. The lowest BCUT2D eigenvalue weighted by Gasteiger charge is -2.20. The van der Waals surface area contributed by atoms with E-state index in [1.807, 2.05) is 0 Å². The van der Waals surface area contributed by atoms with Crippen LogP contribution in [0.15, 0.2) is 42.5 Å². The minimum atomic E-state index is 0.0208. The lowest BCUT2D eigenvalue weighted by Crippen LogP contribution is -2.19. The number of para-hydroxylation sites is 2. The van der Waals surface area contributed by atoms with Crippen molar-refractivity contribution in [3.63, 3.8) is 0 Å². The molecule has 0 aliphatic carbocycles. The highest BCUT2D eigenvalue weighted by Gasteiger charge is 2.22. The Morgan fingerprint density at radius 2 is 1.76 bits per heavy atom. The molecule has 0 N–H and O–H groups in total. The zero-order valence-corrected chi connectivity index (χ0v) is 16.0. The maximum atomic E-state index is 6.02. The molecule has 3 nitrogen and oxygen atoms in total. The van der Waals surface area contributed by atoms with E-state index in [0.29, 0.717) is 6.61 Å². The normalized spacial score (nSPS) is 11.9. The summed E-state index contributed by atoms with van der Waals surface area (Å²) >= 11 is 0. The van der Waals surface area contributed by atoms with Gasteiger partial charge in [-0.2, -0.15) is 0 Å². The zero-order chi connectivity index (χ0) is 18.0. The molecule has 1 aromatic heterocycles. The Balaban J connectivity index is 1.74. The highest BCUT2D eigenvalue weighted by atomic mass is 16.5. The van der Waals surface area contributed by atoms with Gasteiger partial charge in [0.25, 0.3) is 0 Å². The summed E-state index contributed by atoms with van der Waals surface area (Å²) in [5.41, 5.74) is 4.80. The molecule has 0 aliphatic heterocycles. The predicted octanol–water partition coefficient (Wildman–Crippen LogP) is 5.42. The molecule has 3 aromatic rings. The van der Waals surface area contributed by atoms with Crippen molar-refractivity contribution in [2.75, 3.05) is 6.61 Å². The average Bonchev–Trinajstić information content (AvgIpc) is 2.94. The van der Waals surface area contributed by atoms with Crippen molar-refractivity contribution in [3.8, 4) is 5.75 Å². The third-order valence-electron chi connectivity index (χ3n) is 4.66. The highest BCUT2D eigenvalue weighted by molar-refractivity contribution is 5.76. The van der Waals surface area contributed by atoms with Crippen LogP contribution in [-0.2, 0) is 12.0 Å². The van der Waals surface area contributed by atoms with E-state index in [1.165, 1.54) is 16.6 Å². The number of hydrogen-bond donors (Lipinski definition) is 0. The van der Waals surface area contributed by atoms with Gasteiger partial charge in [0, 0.05) is 12.0 Å². The van der Waals surface area contributed by atoms with Gasteiger partial charge in [0.15, 0.2) is 0 Å². The van der Waals surface area contributed by atoms with E-state index in [0.717, 1.165) is 30.1 Å². The summed E-state index contributed by atoms with van der Waals surface area (Å²) in [5, 5.41) is 0. The molecule has 0 saturated heterocycles. The lowest BCUT2D eigenvalue weighted by atomic mass is 9.95. The van der Waals surface area contributed by atoms with Crippen molar-refractivity contribution in [1.82, 2.24) is 9.55 Å². The molecule has 0 fully saturated rings. The van der Waals surface area contributed by atoms with E-state index < -0.39 is 0 Å². The molecule has 1 heterocycles. The van der Waals surface area contributed by atoms with Crippen LogP contribution in [-0.4, -0.2) is 16.2 Å². The summed E-state index contributed by atoms with van der Waals surface area (Å²) in [5.74, 6) is 2.13. The van der Waals surface area contributed by atoms with E-state index in [-0.39, 0.29) is 5.41 Å². The first kappa shape index (κ1) is 17.5. The van der Waals surface area contributed by atoms with Crippen molar-refractivity contribution in [1.29, 1.82) is 0 Å². The Morgan fingerprint density at radius 1 is 1.00 bits per heavy atom. The van der Waals surface area contributed by atoms with Crippen LogP contribution in [0.2, 0.25) is 0 Å². The number of benzene rings is 2. The predicted molar refractivity (Wildman–Crippen MR) is 104 cm³/mol. The number of ether oxygens (including phenoxy) is 1. The third kappa shape index (κ3) is 3.71. The maximum Gasteiger partial charge on any atom is 0.122 e. The Morgan fingerprint density at radius 3 is 2.52 bits per heavy atom.